The molecule has 0 spiro atoms. The van der Waals surface area contributed by atoms with Crippen LogP contribution in [0.1, 0.15) is 23.7 Å². The number of pyridine rings is 1. The van der Waals surface area contributed by atoms with Crippen molar-refractivity contribution in [2.75, 3.05) is 26.8 Å². The first kappa shape index (κ1) is 27.3. The Hall–Kier alpha value is -3.77. The quantitative estimate of drug-likeness (QED) is 0.195. The van der Waals surface area contributed by atoms with Crippen molar-refractivity contribution >= 4 is 16.5 Å². The average Bonchev–Trinajstić information content (AvgIpc) is 2.96. The molecule has 4 aromatic rings. The fourth-order valence-corrected chi connectivity index (χ4v) is 4.04. The highest BCUT2D eigenvalue weighted by Gasteiger charge is 2.13. The van der Waals surface area contributed by atoms with Gasteiger partial charge in [-0.3, -0.25) is 0 Å². The average molecular weight is 509 g/mol. The molecule has 38 heavy (non-hydrogen) atoms. The Morgan fingerprint density at radius 1 is 0.842 bits per heavy atom. The summed E-state index contributed by atoms with van der Waals surface area (Å²) in [6, 6.07) is 30.5. The van der Waals surface area contributed by atoms with E-state index in [1.54, 1.807) is 0 Å². The Kier molecular flexibility index (Phi) is 10.6. The third kappa shape index (κ3) is 8.38. The fourth-order valence-electron chi connectivity index (χ4n) is 4.04. The van der Waals surface area contributed by atoms with E-state index in [4.69, 9.17) is 19.2 Å². The Bertz CT molecular complexity index is 1270. The molecule has 0 amide bonds. The minimum atomic E-state index is -0.265. The topological polar surface area (TPSA) is 52.6 Å². The number of ether oxygens (including phenoxy) is 3. The summed E-state index contributed by atoms with van der Waals surface area (Å²) in [7, 11) is 1.93. The van der Waals surface area contributed by atoms with Crippen LogP contribution >= 0.6 is 0 Å². The normalized spacial score (nSPS) is 12.0. The van der Waals surface area contributed by atoms with Gasteiger partial charge in [-0.05, 0) is 48.9 Å². The lowest BCUT2D eigenvalue weighted by Crippen LogP contribution is -2.28. The number of benzene rings is 3. The largest absolute Gasteiger partial charge is 0.486 e. The molecular formula is C33H36N2O3. The molecular weight excluding hydrogens is 472 g/mol. The zero-order chi connectivity index (χ0) is 26.4. The summed E-state index contributed by atoms with van der Waals surface area (Å²) >= 11 is 0. The van der Waals surface area contributed by atoms with Crippen molar-refractivity contribution in [3.63, 3.8) is 0 Å². The van der Waals surface area contributed by atoms with Crippen molar-refractivity contribution in [3.05, 3.63) is 126 Å². The van der Waals surface area contributed by atoms with Crippen LogP contribution in [0.15, 0.2) is 109 Å². The predicted molar refractivity (Wildman–Crippen MR) is 155 cm³/mol. The predicted octanol–water partition coefficient (Wildman–Crippen LogP) is 6.59. The summed E-state index contributed by atoms with van der Waals surface area (Å²) in [5, 5.41) is 4.19. The molecule has 0 saturated heterocycles. The highest BCUT2D eigenvalue weighted by molar-refractivity contribution is 5.83. The van der Waals surface area contributed by atoms with E-state index in [1.807, 2.05) is 68.6 Å². The van der Waals surface area contributed by atoms with Crippen LogP contribution in [0.2, 0.25) is 0 Å². The van der Waals surface area contributed by atoms with Gasteiger partial charge in [0.2, 0.25) is 0 Å². The number of hydrogen-bond acceptors (Lipinski definition) is 5. The van der Waals surface area contributed by atoms with Gasteiger partial charge in [0.1, 0.15) is 11.9 Å². The van der Waals surface area contributed by atoms with Crippen molar-refractivity contribution in [2.45, 2.75) is 26.2 Å². The molecule has 0 fully saturated rings. The number of hydrogen-bond donors (Lipinski definition) is 1. The lowest BCUT2D eigenvalue weighted by Gasteiger charge is -2.20. The Balaban J connectivity index is 1.46. The first-order chi connectivity index (χ1) is 18.7. The van der Waals surface area contributed by atoms with Crippen LogP contribution in [0, 0.1) is 0 Å². The number of aromatic nitrogens is 1. The first-order valence-electron chi connectivity index (χ1n) is 13.0. The maximum absolute atomic E-state index is 6.38. The lowest BCUT2D eigenvalue weighted by atomic mass is 10.1. The molecule has 4 rings (SSSR count). The molecule has 1 N–H and O–H groups in total. The third-order valence-electron chi connectivity index (χ3n) is 6.02. The van der Waals surface area contributed by atoms with Crippen molar-refractivity contribution in [1.82, 2.24) is 10.3 Å². The van der Waals surface area contributed by atoms with E-state index >= 15 is 0 Å². The number of nitrogens with zero attached hydrogens (tertiary/aromatic N) is 1. The summed E-state index contributed by atoms with van der Waals surface area (Å²) in [5.41, 5.74) is 5.15. The molecule has 0 bridgehead atoms. The smallest absolute Gasteiger partial charge is 0.145 e. The maximum Gasteiger partial charge on any atom is 0.145 e. The molecule has 196 valence electrons. The van der Waals surface area contributed by atoms with Crippen molar-refractivity contribution in [3.8, 4) is 5.75 Å². The number of allylic oxidation sites excluding steroid dienone is 3. The molecule has 1 heterocycles. The standard InChI is InChI=1S/C33H36N2O3/c1-3-28(15-10-20-34-2)32-19-17-29-16-18-30(21-33(29)35-32)38-31(24-36-22-26-11-6-4-7-12-26)25-37-23-27-13-8-5-9-14-27/h3-19,21,31,34H,20,22-25H2,1-2H3/b15-10-,28-3+. The van der Waals surface area contributed by atoms with Crippen LogP contribution in [-0.4, -0.2) is 37.9 Å². The van der Waals surface area contributed by atoms with Gasteiger partial charge >= 0.3 is 0 Å². The van der Waals surface area contributed by atoms with E-state index in [2.05, 4.69) is 59.9 Å². The summed E-state index contributed by atoms with van der Waals surface area (Å²) in [6.07, 6.45) is 6.00. The van der Waals surface area contributed by atoms with Crippen molar-refractivity contribution in [1.29, 1.82) is 0 Å². The molecule has 5 nitrogen and oxygen atoms in total. The summed E-state index contributed by atoms with van der Waals surface area (Å²) < 4.78 is 18.4. The van der Waals surface area contributed by atoms with E-state index < -0.39 is 0 Å². The SMILES string of the molecule is C/C=C(\C=C/CNC)c1ccc2ccc(OC(COCc3ccccc3)COCc3ccccc3)cc2n1. The van der Waals surface area contributed by atoms with Crippen LogP contribution in [-0.2, 0) is 22.7 Å². The van der Waals surface area contributed by atoms with Gasteiger partial charge in [0.15, 0.2) is 0 Å². The summed E-state index contributed by atoms with van der Waals surface area (Å²) in [4.78, 5) is 4.91. The van der Waals surface area contributed by atoms with Gasteiger partial charge in [-0.15, -0.1) is 0 Å². The Morgan fingerprint density at radius 3 is 2.08 bits per heavy atom. The monoisotopic (exact) mass is 508 g/mol. The highest BCUT2D eigenvalue weighted by atomic mass is 16.6. The second kappa shape index (κ2) is 14.8. The summed E-state index contributed by atoms with van der Waals surface area (Å²) in [5.74, 6) is 0.742. The van der Waals surface area contributed by atoms with Crippen molar-refractivity contribution < 1.29 is 14.2 Å². The zero-order valence-corrected chi connectivity index (χ0v) is 22.2. The van der Waals surface area contributed by atoms with E-state index in [0.29, 0.717) is 26.4 Å². The maximum atomic E-state index is 6.38. The van der Waals surface area contributed by atoms with Crippen LogP contribution in [0.4, 0.5) is 0 Å². The number of likely N-dealkylation sites (N-methyl/N-ethyl adjacent to an activating group) is 1. The third-order valence-corrected chi connectivity index (χ3v) is 6.02. The highest BCUT2D eigenvalue weighted by Crippen LogP contribution is 2.24. The van der Waals surface area contributed by atoms with E-state index in [0.717, 1.165) is 45.6 Å². The molecule has 1 aromatic heterocycles. The number of fused-ring (bicyclic) bond motifs is 1. The van der Waals surface area contributed by atoms with Crippen LogP contribution < -0.4 is 10.1 Å². The van der Waals surface area contributed by atoms with Crippen LogP contribution in [0.5, 0.6) is 5.75 Å². The van der Waals surface area contributed by atoms with Gasteiger partial charge in [-0.25, -0.2) is 4.98 Å². The second-order valence-electron chi connectivity index (χ2n) is 9.00. The molecule has 0 atom stereocenters. The molecule has 0 radical (unpaired) electrons. The molecule has 0 aliphatic rings. The lowest BCUT2D eigenvalue weighted by molar-refractivity contribution is -0.0156. The van der Waals surface area contributed by atoms with E-state index in [-0.39, 0.29) is 6.10 Å². The number of nitrogens with one attached hydrogen (secondary N) is 1. The number of rotatable bonds is 14. The molecule has 3 aromatic carbocycles. The molecule has 0 aliphatic heterocycles. The van der Waals surface area contributed by atoms with Gasteiger partial charge in [0.25, 0.3) is 0 Å². The van der Waals surface area contributed by atoms with Gasteiger partial charge in [0.05, 0.1) is 37.6 Å². The van der Waals surface area contributed by atoms with Gasteiger partial charge < -0.3 is 19.5 Å². The first-order valence-corrected chi connectivity index (χ1v) is 13.0. The molecule has 0 aliphatic carbocycles. The van der Waals surface area contributed by atoms with Crippen LogP contribution in [0.3, 0.4) is 0 Å². The molecule has 0 unspecified atom stereocenters. The van der Waals surface area contributed by atoms with Gasteiger partial charge in [0, 0.05) is 18.0 Å². The van der Waals surface area contributed by atoms with Crippen LogP contribution in [0.25, 0.3) is 16.5 Å². The van der Waals surface area contributed by atoms with E-state index in [9.17, 15) is 0 Å². The van der Waals surface area contributed by atoms with Gasteiger partial charge in [-0.2, -0.15) is 0 Å². The van der Waals surface area contributed by atoms with E-state index in [1.165, 1.54) is 0 Å². The minimum Gasteiger partial charge on any atom is -0.486 e. The Morgan fingerprint density at radius 2 is 1.47 bits per heavy atom. The minimum absolute atomic E-state index is 0.265. The fraction of sp³-hybridized carbons (Fsp3) is 0.242. The molecule has 0 saturated carbocycles. The molecule has 5 heteroatoms. The second-order valence-corrected chi connectivity index (χ2v) is 9.00. The summed E-state index contributed by atoms with van der Waals surface area (Å²) in [6.45, 7) is 4.70. The Labute approximate surface area is 225 Å². The van der Waals surface area contributed by atoms with Crippen molar-refractivity contribution in [2.24, 2.45) is 0 Å². The van der Waals surface area contributed by atoms with Gasteiger partial charge in [-0.1, -0.05) is 85.0 Å². The zero-order valence-electron chi connectivity index (χ0n) is 22.2.